The number of imide groups is 1. The summed E-state index contributed by atoms with van der Waals surface area (Å²) in [4.78, 5) is 39.5. The summed E-state index contributed by atoms with van der Waals surface area (Å²) in [7, 11) is 0. The Morgan fingerprint density at radius 2 is 1.73 bits per heavy atom. The van der Waals surface area contributed by atoms with Gasteiger partial charge in [-0.3, -0.25) is 19.3 Å². The predicted molar refractivity (Wildman–Crippen MR) is 108 cm³/mol. The third kappa shape index (κ3) is 3.82. The molecule has 3 aromatic rings. The van der Waals surface area contributed by atoms with Crippen LogP contribution in [0.2, 0.25) is 0 Å². The lowest BCUT2D eigenvalue weighted by Crippen LogP contribution is -2.32. The quantitative estimate of drug-likeness (QED) is 0.627. The molecule has 0 radical (unpaired) electrons. The molecule has 0 spiro atoms. The molecule has 1 N–H and O–H groups in total. The topological polar surface area (TPSA) is 110 Å². The molecule has 1 aliphatic heterocycles. The number of nitrogens with one attached hydrogen (secondary N) is 1. The first-order chi connectivity index (χ1) is 14.4. The number of carbonyl (C=O) groups excluding carboxylic acids is 3. The standard InChI is InChI=1S/C21H20N6O3/c1-13-7-8-14(2)17(11-13)22-19(28)12-27-24-18(23-25-27)9-10-26-20(29)15-5-3-4-6-16(15)21(26)30/h3-8,11H,9-10,12H2,1-2H3,(H,22,28). The fourth-order valence-corrected chi connectivity index (χ4v) is 3.29. The number of benzene rings is 2. The van der Waals surface area contributed by atoms with E-state index >= 15 is 0 Å². The summed E-state index contributed by atoms with van der Waals surface area (Å²) < 4.78 is 0. The minimum Gasteiger partial charge on any atom is -0.324 e. The van der Waals surface area contributed by atoms with E-state index < -0.39 is 0 Å². The molecule has 1 aliphatic rings. The van der Waals surface area contributed by atoms with Crippen LogP contribution in [0.25, 0.3) is 0 Å². The molecule has 1 aromatic heterocycles. The molecule has 0 saturated carbocycles. The first-order valence-corrected chi connectivity index (χ1v) is 9.51. The first-order valence-electron chi connectivity index (χ1n) is 9.51. The fourth-order valence-electron chi connectivity index (χ4n) is 3.29. The van der Waals surface area contributed by atoms with Gasteiger partial charge in [0.2, 0.25) is 5.91 Å². The zero-order valence-electron chi connectivity index (χ0n) is 16.6. The molecule has 0 fully saturated rings. The van der Waals surface area contributed by atoms with Gasteiger partial charge >= 0.3 is 0 Å². The summed E-state index contributed by atoms with van der Waals surface area (Å²) in [6.45, 7) is 3.93. The zero-order chi connectivity index (χ0) is 21.3. The van der Waals surface area contributed by atoms with Crippen molar-refractivity contribution >= 4 is 23.4 Å². The van der Waals surface area contributed by atoms with Crippen LogP contribution in [-0.2, 0) is 17.8 Å². The molecule has 2 aromatic carbocycles. The largest absolute Gasteiger partial charge is 0.324 e. The molecule has 30 heavy (non-hydrogen) atoms. The van der Waals surface area contributed by atoms with E-state index in [0.29, 0.717) is 17.0 Å². The second kappa shape index (κ2) is 7.86. The molecule has 0 aliphatic carbocycles. The minimum absolute atomic E-state index is 0.0899. The molecular weight excluding hydrogens is 384 g/mol. The van der Waals surface area contributed by atoms with E-state index in [9.17, 15) is 14.4 Å². The molecule has 2 heterocycles. The van der Waals surface area contributed by atoms with Crippen molar-refractivity contribution in [2.75, 3.05) is 11.9 Å². The van der Waals surface area contributed by atoms with Gasteiger partial charge in [-0.2, -0.15) is 4.80 Å². The van der Waals surface area contributed by atoms with E-state index in [-0.39, 0.29) is 37.2 Å². The Bertz CT molecular complexity index is 1120. The summed E-state index contributed by atoms with van der Waals surface area (Å²) >= 11 is 0. The fraction of sp³-hybridized carbons (Fsp3) is 0.238. The lowest BCUT2D eigenvalue weighted by molar-refractivity contribution is -0.117. The number of tetrazole rings is 1. The average molecular weight is 404 g/mol. The average Bonchev–Trinajstić information content (AvgIpc) is 3.26. The summed E-state index contributed by atoms with van der Waals surface area (Å²) in [5, 5.41) is 14.8. The molecule has 0 atom stereocenters. The highest BCUT2D eigenvalue weighted by atomic mass is 16.2. The van der Waals surface area contributed by atoms with Crippen LogP contribution in [0, 0.1) is 13.8 Å². The van der Waals surface area contributed by atoms with Gasteiger partial charge < -0.3 is 5.32 Å². The lowest BCUT2D eigenvalue weighted by atomic mass is 10.1. The number of amides is 3. The van der Waals surface area contributed by atoms with Crippen LogP contribution in [0.15, 0.2) is 42.5 Å². The molecule has 3 amide bonds. The maximum Gasteiger partial charge on any atom is 0.261 e. The second-order valence-electron chi connectivity index (χ2n) is 7.16. The molecule has 9 nitrogen and oxygen atoms in total. The third-order valence-corrected chi connectivity index (χ3v) is 4.88. The Balaban J connectivity index is 1.35. The minimum atomic E-state index is -0.323. The van der Waals surface area contributed by atoms with Gasteiger partial charge in [-0.15, -0.1) is 10.2 Å². The van der Waals surface area contributed by atoms with Crippen molar-refractivity contribution in [3.8, 4) is 0 Å². The SMILES string of the molecule is Cc1ccc(C)c(NC(=O)Cn2nnc(CCN3C(=O)c4ccccc4C3=O)n2)c1. The Hall–Kier alpha value is -3.88. The summed E-state index contributed by atoms with van der Waals surface area (Å²) in [5.41, 5.74) is 3.56. The summed E-state index contributed by atoms with van der Waals surface area (Å²) in [5.74, 6) is -0.564. The van der Waals surface area contributed by atoms with Crippen molar-refractivity contribution in [1.29, 1.82) is 0 Å². The van der Waals surface area contributed by atoms with E-state index in [0.717, 1.165) is 16.8 Å². The van der Waals surface area contributed by atoms with E-state index in [1.54, 1.807) is 24.3 Å². The molecule has 0 saturated heterocycles. The molecule has 0 bridgehead atoms. The number of aryl methyl sites for hydroxylation is 2. The zero-order valence-corrected chi connectivity index (χ0v) is 16.6. The Morgan fingerprint density at radius 1 is 1.03 bits per heavy atom. The van der Waals surface area contributed by atoms with Crippen LogP contribution in [0.1, 0.15) is 37.7 Å². The number of anilines is 1. The van der Waals surface area contributed by atoms with Gasteiger partial charge in [0.1, 0.15) is 6.54 Å². The predicted octanol–water partition coefficient (Wildman–Crippen LogP) is 1.77. The lowest BCUT2D eigenvalue weighted by Gasteiger charge is -2.11. The number of nitrogens with zero attached hydrogens (tertiary/aromatic N) is 5. The highest BCUT2D eigenvalue weighted by Crippen LogP contribution is 2.22. The summed E-state index contributed by atoms with van der Waals surface area (Å²) in [6.07, 6.45) is 0.254. The number of aromatic nitrogens is 4. The third-order valence-electron chi connectivity index (χ3n) is 4.88. The maximum atomic E-state index is 12.4. The molecule has 152 valence electrons. The van der Waals surface area contributed by atoms with Gasteiger partial charge in [-0.1, -0.05) is 24.3 Å². The Labute approximate surface area is 172 Å². The summed E-state index contributed by atoms with van der Waals surface area (Å²) in [6, 6.07) is 12.5. The number of fused-ring (bicyclic) bond motifs is 1. The van der Waals surface area contributed by atoms with Crippen molar-refractivity contribution in [1.82, 2.24) is 25.1 Å². The van der Waals surface area contributed by atoms with Crippen LogP contribution < -0.4 is 5.32 Å². The monoisotopic (exact) mass is 404 g/mol. The number of hydrogen-bond donors (Lipinski definition) is 1. The Kier molecular flexibility index (Phi) is 5.09. The molecule has 4 rings (SSSR count). The van der Waals surface area contributed by atoms with Crippen molar-refractivity contribution in [2.45, 2.75) is 26.8 Å². The Morgan fingerprint density at radius 3 is 2.43 bits per heavy atom. The van der Waals surface area contributed by atoms with Gasteiger partial charge in [0.25, 0.3) is 11.8 Å². The van der Waals surface area contributed by atoms with Gasteiger partial charge in [0.15, 0.2) is 5.82 Å². The van der Waals surface area contributed by atoms with Crippen LogP contribution in [-0.4, -0.2) is 49.4 Å². The first kappa shape index (κ1) is 19.4. The number of rotatable bonds is 6. The van der Waals surface area contributed by atoms with Crippen molar-refractivity contribution in [3.63, 3.8) is 0 Å². The van der Waals surface area contributed by atoms with Crippen LogP contribution in [0.4, 0.5) is 5.69 Å². The van der Waals surface area contributed by atoms with Crippen LogP contribution >= 0.6 is 0 Å². The van der Waals surface area contributed by atoms with E-state index in [2.05, 4.69) is 20.7 Å². The molecule has 9 heteroatoms. The van der Waals surface area contributed by atoms with E-state index in [1.165, 1.54) is 9.70 Å². The van der Waals surface area contributed by atoms with Gasteiger partial charge in [0.05, 0.1) is 11.1 Å². The smallest absolute Gasteiger partial charge is 0.261 e. The van der Waals surface area contributed by atoms with Crippen molar-refractivity contribution in [3.05, 3.63) is 70.5 Å². The maximum absolute atomic E-state index is 12.4. The number of hydrogen-bond acceptors (Lipinski definition) is 6. The van der Waals surface area contributed by atoms with E-state index in [4.69, 9.17) is 0 Å². The van der Waals surface area contributed by atoms with Gasteiger partial charge in [-0.05, 0) is 48.4 Å². The van der Waals surface area contributed by atoms with Crippen LogP contribution in [0.5, 0.6) is 0 Å². The molecular formula is C21H20N6O3. The van der Waals surface area contributed by atoms with E-state index in [1.807, 2.05) is 32.0 Å². The highest BCUT2D eigenvalue weighted by Gasteiger charge is 2.34. The normalized spacial score (nSPS) is 12.9. The second-order valence-corrected chi connectivity index (χ2v) is 7.16. The molecule has 0 unspecified atom stereocenters. The van der Waals surface area contributed by atoms with Crippen molar-refractivity contribution < 1.29 is 14.4 Å². The van der Waals surface area contributed by atoms with Gasteiger partial charge in [0, 0.05) is 18.7 Å². The van der Waals surface area contributed by atoms with Gasteiger partial charge in [-0.25, -0.2) is 0 Å². The van der Waals surface area contributed by atoms with Crippen molar-refractivity contribution in [2.24, 2.45) is 0 Å². The van der Waals surface area contributed by atoms with Crippen LogP contribution in [0.3, 0.4) is 0 Å². The number of carbonyl (C=O) groups is 3. The highest BCUT2D eigenvalue weighted by molar-refractivity contribution is 6.21.